The van der Waals surface area contributed by atoms with Crippen LogP contribution in [0.5, 0.6) is 11.5 Å². The number of nitrogens with one attached hydrogen (secondary N) is 1. The molecule has 1 heterocycles. The molecule has 2 rings (SSSR count). The van der Waals surface area contributed by atoms with Gasteiger partial charge < -0.3 is 14.8 Å². The Labute approximate surface area is 130 Å². The largest absolute Gasteiger partial charge is 0.484 e. The molecule has 0 fully saturated rings. The van der Waals surface area contributed by atoms with Gasteiger partial charge in [0.1, 0.15) is 27.3 Å². The van der Waals surface area contributed by atoms with Crippen molar-refractivity contribution >= 4 is 23.2 Å². The van der Waals surface area contributed by atoms with Gasteiger partial charge in [-0.2, -0.15) is 5.26 Å². The lowest BCUT2D eigenvalue weighted by Crippen LogP contribution is -2.24. The van der Waals surface area contributed by atoms with Crippen LogP contribution < -0.4 is 14.8 Å². The van der Waals surface area contributed by atoms with Crippen LogP contribution in [0.1, 0.15) is 14.5 Å². The number of hydrogen-bond donors (Lipinski definition) is 1. The molecule has 0 saturated heterocycles. The van der Waals surface area contributed by atoms with Gasteiger partial charge >= 0.3 is 5.97 Å². The zero-order chi connectivity index (χ0) is 15.9. The van der Waals surface area contributed by atoms with Gasteiger partial charge in [0.2, 0.25) is 0 Å². The van der Waals surface area contributed by atoms with E-state index in [4.69, 9.17) is 14.7 Å². The van der Waals surface area contributed by atoms with E-state index >= 15 is 0 Å². The summed E-state index contributed by atoms with van der Waals surface area (Å²) < 4.78 is 10.4. The highest BCUT2D eigenvalue weighted by molar-refractivity contribution is 7.14. The molecule has 0 aliphatic carbocycles. The first kappa shape index (κ1) is 15.5. The number of carbonyl (C=O) groups is 2. The standard InChI is InChI=1S/C15H12N2O4S/c1-17-14(18)9-20-10-2-4-11(5-3-10)21-15(19)13-7-6-12(8-16)22-13/h2-7H,9H2,1H3,(H,17,18). The molecule has 0 radical (unpaired) electrons. The van der Waals surface area contributed by atoms with Crippen molar-refractivity contribution in [3.05, 3.63) is 46.2 Å². The van der Waals surface area contributed by atoms with E-state index in [9.17, 15) is 9.59 Å². The van der Waals surface area contributed by atoms with Crippen LogP contribution in [0, 0.1) is 11.3 Å². The van der Waals surface area contributed by atoms with E-state index < -0.39 is 5.97 Å². The van der Waals surface area contributed by atoms with Gasteiger partial charge in [-0.25, -0.2) is 4.79 Å². The Morgan fingerprint density at radius 2 is 1.86 bits per heavy atom. The van der Waals surface area contributed by atoms with Crippen molar-refractivity contribution in [1.82, 2.24) is 5.32 Å². The summed E-state index contributed by atoms with van der Waals surface area (Å²) in [5.74, 6) is 0.0857. The number of benzene rings is 1. The number of amides is 1. The highest BCUT2D eigenvalue weighted by Gasteiger charge is 2.12. The van der Waals surface area contributed by atoms with E-state index in [1.807, 2.05) is 6.07 Å². The van der Waals surface area contributed by atoms with E-state index in [1.165, 1.54) is 7.05 Å². The van der Waals surface area contributed by atoms with Crippen molar-refractivity contribution in [3.8, 4) is 17.6 Å². The van der Waals surface area contributed by atoms with Crippen LogP contribution >= 0.6 is 11.3 Å². The Kier molecular flexibility index (Phi) is 5.11. The summed E-state index contributed by atoms with van der Waals surface area (Å²) in [7, 11) is 1.52. The van der Waals surface area contributed by atoms with E-state index in [0.29, 0.717) is 21.3 Å². The second kappa shape index (κ2) is 7.24. The monoisotopic (exact) mass is 316 g/mol. The van der Waals surface area contributed by atoms with Gasteiger partial charge in [0.15, 0.2) is 6.61 Å². The molecule has 1 amide bonds. The Balaban J connectivity index is 1.94. The lowest BCUT2D eigenvalue weighted by atomic mass is 10.3. The third kappa shape index (κ3) is 4.07. The van der Waals surface area contributed by atoms with Crippen LogP contribution in [0.3, 0.4) is 0 Å². The van der Waals surface area contributed by atoms with Crippen molar-refractivity contribution in [2.75, 3.05) is 13.7 Å². The quantitative estimate of drug-likeness (QED) is 0.673. The molecule has 1 N–H and O–H groups in total. The number of carbonyl (C=O) groups excluding carboxylic acids is 2. The summed E-state index contributed by atoms with van der Waals surface area (Å²) in [5, 5.41) is 11.2. The first-order valence-corrected chi connectivity index (χ1v) is 7.09. The van der Waals surface area contributed by atoms with Gasteiger partial charge in [-0.3, -0.25) is 4.79 Å². The Bertz CT molecular complexity index is 716. The van der Waals surface area contributed by atoms with Crippen LogP contribution in [0.15, 0.2) is 36.4 Å². The lowest BCUT2D eigenvalue weighted by Gasteiger charge is -2.06. The molecule has 2 aromatic rings. The fourth-order valence-electron chi connectivity index (χ4n) is 1.49. The van der Waals surface area contributed by atoms with Crippen molar-refractivity contribution in [3.63, 3.8) is 0 Å². The number of nitriles is 1. The average molecular weight is 316 g/mol. The molecule has 7 heteroatoms. The number of thiophene rings is 1. The summed E-state index contributed by atoms with van der Waals surface area (Å²) in [6.45, 7) is -0.0816. The van der Waals surface area contributed by atoms with Crippen molar-refractivity contribution < 1.29 is 19.1 Å². The van der Waals surface area contributed by atoms with E-state index in [0.717, 1.165) is 11.3 Å². The topological polar surface area (TPSA) is 88.4 Å². The maximum absolute atomic E-state index is 11.9. The van der Waals surface area contributed by atoms with E-state index in [2.05, 4.69) is 5.32 Å². The van der Waals surface area contributed by atoms with Crippen LogP contribution in [0.25, 0.3) is 0 Å². The number of rotatable bonds is 5. The average Bonchev–Trinajstić information content (AvgIpc) is 3.03. The number of ether oxygens (including phenoxy) is 2. The minimum atomic E-state index is -0.523. The summed E-state index contributed by atoms with van der Waals surface area (Å²) in [5.41, 5.74) is 0. The molecular weight excluding hydrogens is 304 g/mol. The summed E-state index contributed by atoms with van der Waals surface area (Å²) in [6.07, 6.45) is 0. The number of hydrogen-bond acceptors (Lipinski definition) is 6. The van der Waals surface area contributed by atoms with Gasteiger partial charge in [-0.1, -0.05) is 0 Å². The maximum Gasteiger partial charge on any atom is 0.353 e. The first-order chi connectivity index (χ1) is 10.6. The predicted octanol–water partition coefficient (Wildman–Crippen LogP) is 1.96. The van der Waals surface area contributed by atoms with Crippen molar-refractivity contribution in [2.24, 2.45) is 0 Å². The molecule has 6 nitrogen and oxygen atoms in total. The minimum absolute atomic E-state index is 0.0816. The molecule has 1 aromatic carbocycles. The van der Waals surface area contributed by atoms with Crippen molar-refractivity contribution in [2.45, 2.75) is 0 Å². The van der Waals surface area contributed by atoms with Gasteiger partial charge in [0.05, 0.1) is 0 Å². The van der Waals surface area contributed by atoms with Crippen LogP contribution in [-0.4, -0.2) is 25.5 Å². The minimum Gasteiger partial charge on any atom is -0.484 e. The zero-order valence-electron chi connectivity index (χ0n) is 11.7. The van der Waals surface area contributed by atoms with Crippen LogP contribution in [0.4, 0.5) is 0 Å². The van der Waals surface area contributed by atoms with Gasteiger partial charge in [-0.15, -0.1) is 11.3 Å². The zero-order valence-corrected chi connectivity index (χ0v) is 12.5. The molecule has 0 bridgehead atoms. The van der Waals surface area contributed by atoms with Gasteiger partial charge in [-0.05, 0) is 36.4 Å². The predicted molar refractivity (Wildman–Crippen MR) is 80.0 cm³/mol. The first-order valence-electron chi connectivity index (χ1n) is 6.28. The Morgan fingerprint density at radius 1 is 1.18 bits per heavy atom. The molecule has 0 spiro atoms. The fourth-order valence-corrected chi connectivity index (χ4v) is 2.17. The van der Waals surface area contributed by atoms with Crippen molar-refractivity contribution in [1.29, 1.82) is 5.26 Å². The third-order valence-corrected chi connectivity index (χ3v) is 3.57. The molecule has 0 atom stereocenters. The molecule has 22 heavy (non-hydrogen) atoms. The van der Waals surface area contributed by atoms with E-state index in [1.54, 1.807) is 36.4 Å². The molecule has 0 unspecified atom stereocenters. The summed E-state index contributed by atoms with van der Waals surface area (Å²) in [4.78, 5) is 23.7. The molecule has 112 valence electrons. The van der Waals surface area contributed by atoms with Gasteiger partial charge in [0.25, 0.3) is 5.91 Å². The lowest BCUT2D eigenvalue weighted by molar-refractivity contribution is -0.122. The number of nitrogens with zero attached hydrogens (tertiary/aromatic N) is 1. The molecule has 1 aromatic heterocycles. The van der Waals surface area contributed by atoms with E-state index in [-0.39, 0.29) is 12.5 Å². The Morgan fingerprint density at radius 3 is 2.45 bits per heavy atom. The second-order valence-corrected chi connectivity index (χ2v) is 5.18. The maximum atomic E-state index is 11.9. The summed E-state index contributed by atoms with van der Waals surface area (Å²) in [6, 6.07) is 11.4. The molecule has 0 saturated carbocycles. The third-order valence-electron chi connectivity index (χ3n) is 2.60. The molecule has 0 aliphatic rings. The van der Waals surface area contributed by atoms with Crippen LogP contribution in [0.2, 0.25) is 0 Å². The molecular formula is C15H12N2O4S. The Hall–Kier alpha value is -2.85. The summed E-state index contributed by atoms with van der Waals surface area (Å²) >= 11 is 1.07. The van der Waals surface area contributed by atoms with Crippen LogP contribution in [-0.2, 0) is 4.79 Å². The highest BCUT2D eigenvalue weighted by Crippen LogP contribution is 2.21. The fraction of sp³-hybridized carbons (Fsp3) is 0.133. The number of esters is 1. The normalized spacial score (nSPS) is 9.64. The SMILES string of the molecule is CNC(=O)COc1ccc(OC(=O)c2ccc(C#N)s2)cc1. The molecule has 0 aliphatic heterocycles. The van der Waals surface area contributed by atoms with Gasteiger partial charge in [0, 0.05) is 7.05 Å². The second-order valence-electron chi connectivity index (χ2n) is 4.10. The smallest absolute Gasteiger partial charge is 0.353 e. The highest BCUT2D eigenvalue weighted by atomic mass is 32.1. The number of likely N-dealkylation sites (N-methyl/N-ethyl adjacent to an activating group) is 1.